The Morgan fingerprint density at radius 3 is 3.07 bits per heavy atom. The summed E-state index contributed by atoms with van der Waals surface area (Å²) in [5.41, 5.74) is 7.72. The molecule has 0 unspecified atom stereocenters. The number of benzene rings is 1. The highest BCUT2D eigenvalue weighted by molar-refractivity contribution is 9.11. The Labute approximate surface area is 95.3 Å². The standard InChI is InChI=1S/C10H10BrN3O/c1-6(11)5-13-10-14-9-7(12)3-2-4-8(9)15-10/h2-4H,1,5,12H2,(H,13,14). The van der Waals surface area contributed by atoms with Crippen molar-refractivity contribution >= 4 is 38.7 Å². The van der Waals surface area contributed by atoms with Crippen molar-refractivity contribution in [2.24, 2.45) is 0 Å². The van der Waals surface area contributed by atoms with Crippen LogP contribution in [0.5, 0.6) is 0 Å². The van der Waals surface area contributed by atoms with Crippen molar-refractivity contribution in [3.8, 4) is 0 Å². The number of aromatic nitrogens is 1. The third kappa shape index (κ3) is 2.12. The Bertz CT molecular complexity index is 506. The summed E-state index contributed by atoms with van der Waals surface area (Å²) in [6, 6.07) is 5.89. The molecule has 1 heterocycles. The number of oxazole rings is 1. The molecule has 0 amide bonds. The first-order valence-electron chi connectivity index (χ1n) is 4.39. The molecule has 0 atom stereocenters. The van der Waals surface area contributed by atoms with Crippen LogP contribution in [0.25, 0.3) is 11.1 Å². The van der Waals surface area contributed by atoms with Crippen molar-refractivity contribution in [2.75, 3.05) is 17.6 Å². The molecule has 0 bridgehead atoms. The predicted molar refractivity (Wildman–Crippen MR) is 65.0 cm³/mol. The number of nitrogens with one attached hydrogen (secondary N) is 1. The van der Waals surface area contributed by atoms with Gasteiger partial charge < -0.3 is 15.5 Å². The molecule has 0 aliphatic heterocycles. The van der Waals surface area contributed by atoms with Gasteiger partial charge in [0.05, 0.1) is 12.2 Å². The Hall–Kier alpha value is -1.49. The molecule has 0 spiro atoms. The molecule has 0 aliphatic rings. The van der Waals surface area contributed by atoms with Crippen LogP contribution < -0.4 is 11.1 Å². The average molecular weight is 268 g/mol. The van der Waals surface area contributed by atoms with E-state index >= 15 is 0 Å². The van der Waals surface area contributed by atoms with Gasteiger partial charge in [-0.2, -0.15) is 4.98 Å². The van der Waals surface area contributed by atoms with Gasteiger partial charge in [0, 0.05) is 4.48 Å². The number of hydrogen-bond donors (Lipinski definition) is 2. The molecule has 5 heteroatoms. The van der Waals surface area contributed by atoms with Crippen LogP contribution in [0.1, 0.15) is 0 Å². The summed E-state index contributed by atoms with van der Waals surface area (Å²) in [4.78, 5) is 4.22. The first-order chi connectivity index (χ1) is 7.16. The minimum absolute atomic E-state index is 0.448. The van der Waals surface area contributed by atoms with E-state index in [1.54, 1.807) is 6.07 Å². The molecule has 0 radical (unpaired) electrons. The van der Waals surface area contributed by atoms with E-state index in [1.165, 1.54) is 0 Å². The lowest BCUT2D eigenvalue weighted by Crippen LogP contribution is -2.00. The van der Waals surface area contributed by atoms with Gasteiger partial charge in [-0.25, -0.2) is 0 Å². The van der Waals surface area contributed by atoms with Crippen molar-refractivity contribution in [2.45, 2.75) is 0 Å². The molecule has 1 aromatic carbocycles. The molecular weight excluding hydrogens is 258 g/mol. The number of rotatable bonds is 3. The van der Waals surface area contributed by atoms with E-state index in [-0.39, 0.29) is 0 Å². The summed E-state index contributed by atoms with van der Waals surface area (Å²) in [6.07, 6.45) is 0. The molecular formula is C10H10BrN3O. The highest BCUT2D eigenvalue weighted by Gasteiger charge is 2.06. The van der Waals surface area contributed by atoms with Crippen LogP contribution >= 0.6 is 15.9 Å². The monoisotopic (exact) mass is 267 g/mol. The summed E-state index contributed by atoms with van der Waals surface area (Å²) >= 11 is 3.24. The number of halogens is 1. The van der Waals surface area contributed by atoms with Crippen LogP contribution in [-0.2, 0) is 0 Å². The number of nitrogens with two attached hydrogens (primary N) is 1. The fourth-order valence-electron chi connectivity index (χ4n) is 1.22. The molecule has 78 valence electrons. The molecule has 0 fully saturated rings. The molecule has 0 saturated heterocycles. The Morgan fingerprint density at radius 2 is 2.40 bits per heavy atom. The number of fused-ring (bicyclic) bond motifs is 1. The minimum Gasteiger partial charge on any atom is -0.423 e. The molecule has 3 N–H and O–H groups in total. The van der Waals surface area contributed by atoms with Crippen LogP contribution in [0, 0.1) is 0 Å². The lowest BCUT2D eigenvalue weighted by molar-refractivity contribution is 0.618. The maximum absolute atomic E-state index is 5.75. The fraction of sp³-hybridized carbons (Fsp3) is 0.100. The fourth-order valence-corrected chi connectivity index (χ4v) is 1.36. The van der Waals surface area contributed by atoms with Crippen molar-refractivity contribution in [3.05, 3.63) is 29.3 Å². The molecule has 0 aliphatic carbocycles. The van der Waals surface area contributed by atoms with E-state index in [0.717, 1.165) is 4.48 Å². The molecule has 2 rings (SSSR count). The lowest BCUT2D eigenvalue weighted by atomic mass is 10.3. The number of nitrogen functional groups attached to an aromatic ring is 1. The van der Waals surface area contributed by atoms with Gasteiger partial charge in [-0.05, 0) is 12.1 Å². The molecule has 15 heavy (non-hydrogen) atoms. The SMILES string of the molecule is C=C(Br)CNc1nc2c(N)cccc2o1. The third-order valence-electron chi connectivity index (χ3n) is 1.88. The zero-order chi connectivity index (χ0) is 10.8. The van der Waals surface area contributed by atoms with E-state index in [1.807, 2.05) is 12.1 Å². The number of hydrogen-bond acceptors (Lipinski definition) is 4. The highest BCUT2D eigenvalue weighted by Crippen LogP contribution is 2.23. The average Bonchev–Trinajstić information content (AvgIpc) is 2.59. The number of nitrogens with zero attached hydrogens (tertiary/aromatic N) is 1. The van der Waals surface area contributed by atoms with E-state index in [4.69, 9.17) is 10.2 Å². The summed E-state index contributed by atoms with van der Waals surface area (Å²) in [7, 11) is 0. The van der Waals surface area contributed by atoms with Gasteiger partial charge in [0.1, 0.15) is 5.52 Å². The van der Waals surface area contributed by atoms with Crippen LogP contribution in [0.15, 0.2) is 33.7 Å². The second kappa shape index (κ2) is 3.94. The van der Waals surface area contributed by atoms with Gasteiger partial charge in [-0.15, -0.1) is 0 Å². The van der Waals surface area contributed by atoms with Crippen molar-refractivity contribution in [3.63, 3.8) is 0 Å². The van der Waals surface area contributed by atoms with Crippen LogP contribution in [0.3, 0.4) is 0 Å². The number of para-hydroxylation sites is 1. The van der Waals surface area contributed by atoms with Gasteiger partial charge in [0.2, 0.25) is 0 Å². The van der Waals surface area contributed by atoms with Gasteiger partial charge in [0.25, 0.3) is 6.01 Å². The third-order valence-corrected chi connectivity index (χ3v) is 2.16. The molecule has 2 aromatic rings. The summed E-state index contributed by atoms with van der Waals surface area (Å²) in [5, 5.41) is 2.98. The highest BCUT2D eigenvalue weighted by atomic mass is 79.9. The largest absolute Gasteiger partial charge is 0.423 e. The zero-order valence-electron chi connectivity index (χ0n) is 7.96. The maximum atomic E-state index is 5.75. The quantitative estimate of drug-likeness (QED) is 0.840. The summed E-state index contributed by atoms with van der Waals surface area (Å²) in [6.45, 7) is 4.26. The van der Waals surface area contributed by atoms with Crippen molar-refractivity contribution in [1.82, 2.24) is 4.98 Å². The van der Waals surface area contributed by atoms with Crippen LogP contribution in [-0.4, -0.2) is 11.5 Å². The predicted octanol–water partition coefficient (Wildman–Crippen LogP) is 2.73. The number of anilines is 2. The Morgan fingerprint density at radius 1 is 1.60 bits per heavy atom. The smallest absolute Gasteiger partial charge is 0.296 e. The molecule has 4 nitrogen and oxygen atoms in total. The Balaban J connectivity index is 2.31. The zero-order valence-corrected chi connectivity index (χ0v) is 9.54. The maximum Gasteiger partial charge on any atom is 0.296 e. The van der Waals surface area contributed by atoms with Gasteiger partial charge in [0.15, 0.2) is 5.58 Å². The van der Waals surface area contributed by atoms with Gasteiger partial charge in [-0.3, -0.25) is 0 Å². The lowest BCUT2D eigenvalue weighted by Gasteiger charge is -1.96. The van der Waals surface area contributed by atoms with E-state index in [9.17, 15) is 0 Å². The van der Waals surface area contributed by atoms with Crippen molar-refractivity contribution in [1.29, 1.82) is 0 Å². The second-order valence-electron chi connectivity index (χ2n) is 3.08. The van der Waals surface area contributed by atoms with Crippen LogP contribution in [0.2, 0.25) is 0 Å². The van der Waals surface area contributed by atoms with Crippen LogP contribution in [0.4, 0.5) is 11.7 Å². The first kappa shape index (κ1) is 10.0. The van der Waals surface area contributed by atoms with E-state index < -0.39 is 0 Å². The Kier molecular flexibility index (Phi) is 2.64. The summed E-state index contributed by atoms with van der Waals surface area (Å²) < 4.78 is 6.27. The first-order valence-corrected chi connectivity index (χ1v) is 5.18. The summed E-state index contributed by atoms with van der Waals surface area (Å²) in [5.74, 6) is 0. The van der Waals surface area contributed by atoms with Gasteiger partial charge >= 0.3 is 0 Å². The topological polar surface area (TPSA) is 64.1 Å². The van der Waals surface area contributed by atoms with E-state index in [0.29, 0.717) is 29.3 Å². The van der Waals surface area contributed by atoms with Crippen molar-refractivity contribution < 1.29 is 4.42 Å². The molecule has 1 aromatic heterocycles. The van der Waals surface area contributed by atoms with E-state index in [2.05, 4.69) is 32.8 Å². The van der Waals surface area contributed by atoms with Gasteiger partial charge in [-0.1, -0.05) is 28.6 Å². The molecule has 0 saturated carbocycles. The second-order valence-corrected chi connectivity index (χ2v) is 4.21. The minimum atomic E-state index is 0.448. The normalized spacial score (nSPS) is 10.5.